The highest BCUT2D eigenvalue weighted by Gasteiger charge is 2.33. The number of hydrogen-bond donors (Lipinski definition) is 3. The summed E-state index contributed by atoms with van der Waals surface area (Å²) in [5.74, 6) is -0.108. The fourth-order valence-corrected chi connectivity index (χ4v) is 2.30. The second-order valence-corrected chi connectivity index (χ2v) is 4.72. The van der Waals surface area contributed by atoms with Crippen LogP contribution >= 0.6 is 0 Å². The van der Waals surface area contributed by atoms with Crippen molar-refractivity contribution in [2.45, 2.75) is 19.9 Å². The first-order valence-electron chi connectivity index (χ1n) is 6.80. The number of phenolic OH excluding ortho intramolecular Hbond substituents is 1. The van der Waals surface area contributed by atoms with Crippen LogP contribution < -0.4 is 15.4 Å². The molecular weight excluding hydrogens is 288 g/mol. The minimum atomic E-state index is -0.817. The van der Waals surface area contributed by atoms with E-state index in [1.54, 1.807) is 26.0 Å². The third-order valence-electron chi connectivity index (χ3n) is 3.31. The van der Waals surface area contributed by atoms with E-state index in [4.69, 9.17) is 9.47 Å². The van der Waals surface area contributed by atoms with Crippen molar-refractivity contribution in [2.24, 2.45) is 0 Å². The number of ether oxygens (including phenoxy) is 2. The molecule has 1 aliphatic rings. The van der Waals surface area contributed by atoms with Gasteiger partial charge in [-0.2, -0.15) is 0 Å². The summed E-state index contributed by atoms with van der Waals surface area (Å²) >= 11 is 0. The zero-order valence-electron chi connectivity index (χ0n) is 12.6. The molecule has 118 valence electrons. The molecule has 0 spiro atoms. The highest BCUT2D eigenvalue weighted by Crippen LogP contribution is 2.35. The number of aromatic hydroxyl groups is 1. The Bertz CT molecular complexity index is 639. The molecule has 0 fully saturated rings. The minimum Gasteiger partial charge on any atom is -0.508 e. The number of hydrogen-bond acceptors (Lipinski definition) is 5. The molecule has 22 heavy (non-hydrogen) atoms. The first-order chi connectivity index (χ1) is 10.5. The highest BCUT2D eigenvalue weighted by molar-refractivity contribution is 5.95. The van der Waals surface area contributed by atoms with E-state index in [0.29, 0.717) is 17.0 Å². The Morgan fingerprint density at radius 3 is 2.77 bits per heavy atom. The number of esters is 1. The summed E-state index contributed by atoms with van der Waals surface area (Å²) in [5, 5.41) is 15.2. The lowest BCUT2D eigenvalue weighted by atomic mass is 9.94. The molecule has 0 saturated heterocycles. The summed E-state index contributed by atoms with van der Waals surface area (Å²) in [5.41, 5.74) is 0.982. The molecular formula is C15H18N2O5. The standard InChI is InChI=1S/C15H18N2O5/c1-4-22-14(19)12-8(2)16-15(20)17-13(12)10-7-9(21-3)5-6-11(10)18/h5-7,13,18H,4H2,1-3H3,(H2,16,17,20). The van der Waals surface area contributed by atoms with E-state index in [-0.39, 0.29) is 17.9 Å². The zero-order chi connectivity index (χ0) is 16.3. The maximum absolute atomic E-state index is 12.2. The Morgan fingerprint density at radius 1 is 1.41 bits per heavy atom. The summed E-state index contributed by atoms with van der Waals surface area (Å²) < 4.78 is 10.2. The van der Waals surface area contributed by atoms with E-state index in [1.807, 2.05) is 0 Å². The molecule has 1 atom stereocenters. The number of methoxy groups -OCH3 is 1. The zero-order valence-corrected chi connectivity index (χ0v) is 12.6. The number of carbonyl (C=O) groups is 2. The molecule has 0 bridgehead atoms. The van der Waals surface area contributed by atoms with Gasteiger partial charge in [-0.1, -0.05) is 0 Å². The number of urea groups is 1. The maximum atomic E-state index is 12.2. The van der Waals surface area contributed by atoms with E-state index in [1.165, 1.54) is 13.2 Å². The Balaban J connectivity index is 2.52. The Hall–Kier alpha value is -2.70. The lowest BCUT2D eigenvalue weighted by molar-refractivity contribution is -0.139. The van der Waals surface area contributed by atoms with Gasteiger partial charge in [0, 0.05) is 11.3 Å². The van der Waals surface area contributed by atoms with Crippen LogP contribution in [0.3, 0.4) is 0 Å². The van der Waals surface area contributed by atoms with Crippen LogP contribution in [0.2, 0.25) is 0 Å². The van der Waals surface area contributed by atoms with Crippen LogP contribution in [-0.4, -0.2) is 30.8 Å². The fourth-order valence-electron chi connectivity index (χ4n) is 2.30. The number of nitrogens with one attached hydrogen (secondary N) is 2. The lowest BCUT2D eigenvalue weighted by Gasteiger charge is -2.28. The molecule has 3 N–H and O–H groups in total. The van der Waals surface area contributed by atoms with Crippen LogP contribution in [0, 0.1) is 0 Å². The second kappa shape index (κ2) is 6.38. The van der Waals surface area contributed by atoms with Crippen LogP contribution in [0.15, 0.2) is 29.5 Å². The predicted molar refractivity (Wildman–Crippen MR) is 78.4 cm³/mol. The average molecular weight is 306 g/mol. The summed E-state index contributed by atoms with van der Waals surface area (Å²) in [6, 6.07) is 3.32. The van der Waals surface area contributed by atoms with Gasteiger partial charge in [0.1, 0.15) is 11.5 Å². The quantitative estimate of drug-likeness (QED) is 0.734. The topological polar surface area (TPSA) is 96.9 Å². The van der Waals surface area contributed by atoms with Crippen molar-refractivity contribution in [1.29, 1.82) is 0 Å². The number of benzene rings is 1. The molecule has 1 aromatic rings. The van der Waals surface area contributed by atoms with E-state index in [0.717, 1.165) is 0 Å². The number of rotatable bonds is 4. The predicted octanol–water partition coefficient (Wildman–Crippen LogP) is 1.59. The monoisotopic (exact) mass is 306 g/mol. The second-order valence-electron chi connectivity index (χ2n) is 4.72. The average Bonchev–Trinajstić information content (AvgIpc) is 2.47. The van der Waals surface area contributed by atoms with Crippen molar-refractivity contribution in [1.82, 2.24) is 10.6 Å². The maximum Gasteiger partial charge on any atom is 0.338 e. The van der Waals surface area contributed by atoms with Crippen molar-refractivity contribution in [2.75, 3.05) is 13.7 Å². The van der Waals surface area contributed by atoms with Gasteiger partial charge in [0.05, 0.1) is 25.3 Å². The number of carbonyl (C=O) groups excluding carboxylic acids is 2. The van der Waals surface area contributed by atoms with Crippen LogP contribution in [-0.2, 0) is 9.53 Å². The van der Waals surface area contributed by atoms with Gasteiger partial charge in [-0.3, -0.25) is 0 Å². The molecule has 1 aliphatic heterocycles. The fraction of sp³-hybridized carbons (Fsp3) is 0.333. The van der Waals surface area contributed by atoms with Gasteiger partial charge < -0.3 is 25.2 Å². The van der Waals surface area contributed by atoms with Crippen LogP contribution in [0.5, 0.6) is 11.5 Å². The number of allylic oxidation sites excluding steroid dienone is 1. The molecule has 0 aliphatic carbocycles. The van der Waals surface area contributed by atoms with Gasteiger partial charge in [0.15, 0.2) is 0 Å². The molecule has 7 heteroatoms. The van der Waals surface area contributed by atoms with E-state index in [9.17, 15) is 14.7 Å². The van der Waals surface area contributed by atoms with Crippen LogP contribution in [0.1, 0.15) is 25.5 Å². The summed E-state index contributed by atoms with van der Waals surface area (Å²) in [6.07, 6.45) is 0. The number of amides is 2. The van der Waals surface area contributed by atoms with Gasteiger partial charge in [-0.15, -0.1) is 0 Å². The molecule has 0 radical (unpaired) electrons. The summed E-state index contributed by atoms with van der Waals surface area (Å²) in [7, 11) is 1.49. The molecule has 0 saturated carbocycles. The smallest absolute Gasteiger partial charge is 0.338 e. The van der Waals surface area contributed by atoms with Crippen molar-refractivity contribution < 1.29 is 24.2 Å². The van der Waals surface area contributed by atoms with Crippen molar-refractivity contribution >= 4 is 12.0 Å². The van der Waals surface area contributed by atoms with Crippen LogP contribution in [0.4, 0.5) is 4.79 Å². The van der Waals surface area contributed by atoms with Gasteiger partial charge in [0.25, 0.3) is 0 Å². The molecule has 1 aromatic carbocycles. The summed E-state index contributed by atoms with van der Waals surface area (Å²) in [6.45, 7) is 3.51. The van der Waals surface area contributed by atoms with Gasteiger partial charge >= 0.3 is 12.0 Å². The molecule has 7 nitrogen and oxygen atoms in total. The molecule has 1 unspecified atom stereocenters. The first kappa shape index (κ1) is 15.7. The van der Waals surface area contributed by atoms with Gasteiger partial charge in [0.2, 0.25) is 0 Å². The van der Waals surface area contributed by atoms with Gasteiger partial charge in [-0.05, 0) is 32.0 Å². The van der Waals surface area contributed by atoms with Crippen LogP contribution in [0.25, 0.3) is 0 Å². The van der Waals surface area contributed by atoms with Crippen molar-refractivity contribution in [3.8, 4) is 11.5 Å². The SMILES string of the molecule is CCOC(=O)C1=C(C)NC(=O)NC1c1cc(OC)ccc1O. The van der Waals surface area contributed by atoms with E-state index >= 15 is 0 Å². The largest absolute Gasteiger partial charge is 0.508 e. The minimum absolute atomic E-state index is 0.0531. The first-order valence-corrected chi connectivity index (χ1v) is 6.80. The third kappa shape index (κ3) is 2.98. The normalized spacial score (nSPS) is 17.6. The molecule has 2 amide bonds. The molecule has 1 heterocycles. The Morgan fingerprint density at radius 2 is 2.14 bits per heavy atom. The van der Waals surface area contributed by atoms with E-state index < -0.39 is 18.0 Å². The van der Waals surface area contributed by atoms with Gasteiger partial charge in [-0.25, -0.2) is 9.59 Å². The Kier molecular flexibility index (Phi) is 4.55. The molecule has 0 aromatic heterocycles. The lowest BCUT2D eigenvalue weighted by Crippen LogP contribution is -2.45. The number of phenols is 1. The van der Waals surface area contributed by atoms with Crippen molar-refractivity contribution in [3.63, 3.8) is 0 Å². The molecule has 2 rings (SSSR count). The van der Waals surface area contributed by atoms with Crippen molar-refractivity contribution in [3.05, 3.63) is 35.0 Å². The Labute approximate surface area is 127 Å². The van der Waals surface area contributed by atoms with E-state index in [2.05, 4.69) is 10.6 Å². The highest BCUT2D eigenvalue weighted by atomic mass is 16.5. The summed E-state index contributed by atoms with van der Waals surface area (Å²) in [4.78, 5) is 23.9. The third-order valence-corrected chi connectivity index (χ3v) is 3.31.